The van der Waals surface area contributed by atoms with Gasteiger partial charge < -0.3 is 14.0 Å². The summed E-state index contributed by atoms with van der Waals surface area (Å²) in [5.41, 5.74) is 0.000918. The maximum absolute atomic E-state index is 12.3. The molecule has 0 bridgehead atoms. The maximum atomic E-state index is 12.3. The zero-order valence-corrected chi connectivity index (χ0v) is 12.9. The summed E-state index contributed by atoms with van der Waals surface area (Å²) in [6, 6.07) is -0.358. The Morgan fingerprint density at radius 3 is 2.50 bits per heavy atom. The van der Waals surface area contributed by atoms with Crippen molar-refractivity contribution < 1.29 is 18.6 Å². The van der Waals surface area contributed by atoms with E-state index in [1.54, 1.807) is 6.66 Å². The van der Waals surface area contributed by atoms with Gasteiger partial charge in [0, 0.05) is 18.3 Å². The predicted molar refractivity (Wildman–Crippen MR) is 73.7 cm³/mol. The van der Waals surface area contributed by atoms with Crippen LogP contribution in [0.15, 0.2) is 0 Å². The van der Waals surface area contributed by atoms with Crippen molar-refractivity contribution in [1.82, 2.24) is 0 Å². The second kappa shape index (κ2) is 6.56. The first-order chi connectivity index (χ1) is 8.22. The monoisotopic (exact) mass is 274 g/mol. The van der Waals surface area contributed by atoms with Crippen molar-refractivity contribution in [2.24, 2.45) is 0 Å². The van der Waals surface area contributed by atoms with Crippen molar-refractivity contribution >= 4 is 15.2 Å². The molecule has 1 rings (SSSR count). The summed E-state index contributed by atoms with van der Waals surface area (Å²) in [6.45, 7) is 9.81. The first-order valence-corrected chi connectivity index (χ1v) is 8.64. The molecular formula is C12H24BO4P. The molecule has 4 nitrogen and oxygen atoms in total. The van der Waals surface area contributed by atoms with Gasteiger partial charge in [0.2, 0.25) is 7.37 Å². The molecule has 0 aliphatic carbocycles. The third-order valence-corrected chi connectivity index (χ3v) is 5.67. The van der Waals surface area contributed by atoms with Crippen molar-refractivity contribution in [1.29, 1.82) is 0 Å². The van der Waals surface area contributed by atoms with Crippen LogP contribution in [0.2, 0.25) is 0 Å². The van der Waals surface area contributed by atoms with E-state index in [1.807, 2.05) is 27.7 Å². The molecule has 1 heterocycles. The van der Waals surface area contributed by atoms with E-state index in [2.05, 4.69) is 0 Å². The van der Waals surface area contributed by atoms with Crippen LogP contribution in [0.5, 0.6) is 0 Å². The van der Waals surface area contributed by atoms with Crippen molar-refractivity contribution in [3.8, 4) is 0 Å². The lowest BCUT2D eigenvalue weighted by Crippen LogP contribution is -2.30. The first-order valence-electron chi connectivity index (χ1n) is 6.50. The van der Waals surface area contributed by atoms with Gasteiger partial charge in [-0.05, 0) is 20.3 Å². The van der Waals surface area contributed by atoms with Gasteiger partial charge in [0.15, 0.2) is 0 Å². The Labute approximate surface area is 112 Å². The number of rotatable bonds is 6. The van der Waals surface area contributed by atoms with Gasteiger partial charge in [0.25, 0.3) is 0 Å². The predicted octanol–water partition coefficient (Wildman–Crippen LogP) is 2.40. The zero-order chi connectivity index (χ0) is 13.9. The Bertz CT molecular complexity index is 308. The van der Waals surface area contributed by atoms with Gasteiger partial charge in [-0.25, -0.2) is 0 Å². The fourth-order valence-corrected chi connectivity index (χ4v) is 2.69. The summed E-state index contributed by atoms with van der Waals surface area (Å²) < 4.78 is 29.1. The average Bonchev–Trinajstić information content (AvgIpc) is 2.54. The SMILES string of the molecule is [B][C@H]1C[C@@H](OP(C)(=O)C(C)C)[C@@H](COC(C)C)O1. The molecule has 1 fully saturated rings. The topological polar surface area (TPSA) is 44.8 Å². The minimum atomic E-state index is -2.62. The fourth-order valence-electron chi connectivity index (χ4n) is 1.68. The van der Waals surface area contributed by atoms with Gasteiger partial charge in [-0.15, -0.1) is 0 Å². The van der Waals surface area contributed by atoms with Crippen molar-refractivity contribution in [3.63, 3.8) is 0 Å². The second-order valence-electron chi connectivity index (χ2n) is 5.48. The molecule has 1 aliphatic rings. The Morgan fingerprint density at radius 1 is 1.39 bits per heavy atom. The lowest BCUT2D eigenvalue weighted by molar-refractivity contribution is -0.0412. The van der Waals surface area contributed by atoms with Crippen LogP contribution >= 0.6 is 7.37 Å². The highest BCUT2D eigenvalue weighted by Crippen LogP contribution is 2.50. The van der Waals surface area contributed by atoms with Crippen LogP contribution in [0, 0.1) is 0 Å². The smallest absolute Gasteiger partial charge is 0.202 e. The molecule has 1 unspecified atom stereocenters. The third-order valence-electron chi connectivity index (χ3n) is 3.11. The minimum absolute atomic E-state index is 0.000918. The van der Waals surface area contributed by atoms with Gasteiger partial charge in [-0.1, -0.05) is 13.8 Å². The molecule has 0 aromatic carbocycles. The Morgan fingerprint density at radius 2 is 2.00 bits per heavy atom. The zero-order valence-electron chi connectivity index (χ0n) is 12.0. The fraction of sp³-hybridized carbons (Fsp3) is 1.00. The van der Waals surface area contributed by atoms with Crippen LogP contribution in [0.1, 0.15) is 34.1 Å². The van der Waals surface area contributed by atoms with Gasteiger partial charge in [0.1, 0.15) is 14.0 Å². The summed E-state index contributed by atoms with van der Waals surface area (Å²) in [4.78, 5) is 0. The Hall–Kier alpha value is 0.175. The molecule has 2 radical (unpaired) electrons. The van der Waals surface area contributed by atoms with E-state index in [9.17, 15) is 4.57 Å². The Balaban J connectivity index is 2.59. The number of hydrogen-bond donors (Lipinski definition) is 0. The number of hydrogen-bond acceptors (Lipinski definition) is 4. The Kier molecular flexibility index (Phi) is 5.91. The molecule has 0 spiro atoms. The van der Waals surface area contributed by atoms with E-state index in [0.29, 0.717) is 13.0 Å². The molecule has 18 heavy (non-hydrogen) atoms. The largest absolute Gasteiger partial charge is 0.380 e. The second-order valence-corrected chi connectivity index (χ2v) is 8.54. The number of ether oxygens (including phenoxy) is 2. The first kappa shape index (κ1) is 16.2. The standard InChI is InChI=1S/C12H24BO4P/c1-8(2)15-7-11-10(6-12(13)16-11)17-18(5,14)9(3)4/h8-12H,6-7H2,1-5H3/t10-,11-,12-,18?/m1/s1. The third kappa shape index (κ3) is 4.69. The van der Waals surface area contributed by atoms with Gasteiger partial charge in [-0.3, -0.25) is 4.57 Å². The molecule has 1 aliphatic heterocycles. The molecular weight excluding hydrogens is 250 g/mol. The molecule has 4 atom stereocenters. The van der Waals surface area contributed by atoms with Crippen LogP contribution in [-0.4, -0.2) is 51.1 Å². The van der Waals surface area contributed by atoms with E-state index in [1.165, 1.54) is 0 Å². The van der Waals surface area contributed by atoms with Gasteiger partial charge >= 0.3 is 0 Å². The van der Waals surface area contributed by atoms with Crippen LogP contribution in [-0.2, 0) is 18.6 Å². The molecule has 0 N–H and O–H groups in total. The molecule has 6 heteroatoms. The summed E-state index contributed by atoms with van der Waals surface area (Å²) in [6.07, 6.45) is 0.229. The molecule has 0 amide bonds. The van der Waals surface area contributed by atoms with Crippen molar-refractivity contribution in [3.05, 3.63) is 0 Å². The van der Waals surface area contributed by atoms with E-state index >= 15 is 0 Å². The highest BCUT2D eigenvalue weighted by Gasteiger charge is 2.38. The molecule has 1 saturated heterocycles. The van der Waals surface area contributed by atoms with Crippen LogP contribution < -0.4 is 0 Å². The molecule has 0 aromatic heterocycles. The van der Waals surface area contributed by atoms with Gasteiger partial charge in [-0.2, -0.15) is 0 Å². The molecule has 0 aromatic rings. The van der Waals surface area contributed by atoms with Crippen LogP contribution in [0.4, 0.5) is 0 Å². The molecule has 0 saturated carbocycles. The highest BCUT2D eigenvalue weighted by atomic mass is 31.2. The van der Waals surface area contributed by atoms with Gasteiger partial charge in [0.05, 0.1) is 18.8 Å². The highest BCUT2D eigenvalue weighted by molar-refractivity contribution is 7.58. The van der Waals surface area contributed by atoms with Crippen molar-refractivity contribution in [2.75, 3.05) is 13.3 Å². The summed E-state index contributed by atoms with van der Waals surface area (Å²) in [7, 11) is 3.15. The maximum Gasteiger partial charge on any atom is 0.202 e. The normalized spacial score (nSPS) is 32.1. The van der Waals surface area contributed by atoms with E-state index in [4.69, 9.17) is 21.8 Å². The minimum Gasteiger partial charge on any atom is -0.380 e. The lowest BCUT2D eigenvalue weighted by atomic mass is 9.96. The quantitative estimate of drug-likeness (QED) is 0.551. The van der Waals surface area contributed by atoms with Crippen LogP contribution in [0.3, 0.4) is 0 Å². The lowest BCUT2D eigenvalue weighted by Gasteiger charge is -2.25. The van der Waals surface area contributed by atoms with Crippen molar-refractivity contribution in [2.45, 2.75) is 64.1 Å². The summed E-state index contributed by atoms with van der Waals surface area (Å²) >= 11 is 0. The average molecular weight is 274 g/mol. The van der Waals surface area contributed by atoms with E-state index < -0.39 is 7.37 Å². The summed E-state index contributed by atoms with van der Waals surface area (Å²) in [5, 5.41) is 0. The van der Waals surface area contributed by atoms with Crippen LogP contribution in [0.25, 0.3) is 0 Å². The van der Waals surface area contributed by atoms with E-state index in [-0.39, 0.29) is 30.0 Å². The summed E-state index contributed by atoms with van der Waals surface area (Å²) in [5.74, 6) is 0. The van der Waals surface area contributed by atoms with E-state index in [0.717, 1.165) is 0 Å². The molecule has 104 valence electrons.